The molecule has 1 aromatic rings. The van der Waals surface area contributed by atoms with Crippen LogP contribution in [0.1, 0.15) is 45.7 Å². The van der Waals surface area contributed by atoms with Crippen molar-refractivity contribution in [1.82, 2.24) is 16.0 Å². The molecule has 0 aromatic heterocycles. The molecule has 0 aliphatic rings. The third-order valence-corrected chi connectivity index (χ3v) is 3.39. The first kappa shape index (κ1) is 17.5. The fourth-order valence-corrected chi connectivity index (χ4v) is 2.41. The molecule has 0 unspecified atom stereocenters. The zero-order valence-electron chi connectivity index (χ0n) is 13.6. The molecule has 4 heteroatoms. The largest absolute Gasteiger partial charge is 0.338 e. The molecule has 2 atom stereocenters. The zero-order chi connectivity index (χ0) is 15.7. The lowest BCUT2D eigenvalue weighted by Crippen LogP contribution is -2.45. The number of hydrogen-bond acceptors (Lipinski definition) is 2. The molecular formula is C17H29N3O. The summed E-state index contributed by atoms with van der Waals surface area (Å²) in [6.45, 7) is 9.77. The van der Waals surface area contributed by atoms with Crippen LogP contribution < -0.4 is 16.0 Å². The van der Waals surface area contributed by atoms with Gasteiger partial charge in [-0.2, -0.15) is 0 Å². The van der Waals surface area contributed by atoms with Crippen LogP contribution in [0.2, 0.25) is 0 Å². The standard InChI is InChI=1S/C17H29N3O/c1-5-18-17(21)19-12-16(11-13(2)3)20-14(4)15-9-7-6-8-10-15/h6-10,13-14,16,20H,5,11-12H2,1-4H3,(H2,18,19,21)/t14-,16+/m1/s1. The van der Waals surface area contributed by atoms with E-state index in [0.717, 1.165) is 6.42 Å². The number of nitrogens with one attached hydrogen (secondary N) is 3. The number of carbonyl (C=O) groups excluding carboxylic acids is 1. The normalized spacial score (nSPS) is 13.8. The summed E-state index contributed by atoms with van der Waals surface area (Å²) in [5.41, 5.74) is 1.27. The number of rotatable bonds is 8. The van der Waals surface area contributed by atoms with E-state index in [1.807, 2.05) is 13.0 Å². The van der Waals surface area contributed by atoms with Crippen LogP contribution in [-0.4, -0.2) is 25.2 Å². The predicted molar refractivity (Wildman–Crippen MR) is 88.3 cm³/mol. The second-order valence-electron chi connectivity index (χ2n) is 5.87. The average Bonchev–Trinajstić information content (AvgIpc) is 2.45. The second-order valence-corrected chi connectivity index (χ2v) is 5.87. The van der Waals surface area contributed by atoms with Gasteiger partial charge in [-0.05, 0) is 31.7 Å². The van der Waals surface area contributed by atoms with Crippen molar-refractivity contribution in [2.45, 2.75) is 46.2 Å². The van der Waals surface area contributed by atoms with E-state index in [0.29, 0.717) is 19.0 Å². The zero-order valence-corrected chi connectivity index (χ0v) is 13.6. The van der Waals surface area contributed by atoms with Crippen LogP contribution >= 0.6 is 0 Å². The molecular weight excluding hydrogens is 262 g/mol. The van der Waals surface area contributed by atoms with Gasteiger partial charge in [0.1, 0.15) is 0 Å². The first-order valence-electron chi connectivity index (χ1n) is 7.85. The van der Waals surface area contributed by atoms with Gasteiger partial charge in [0.2, 0.25) is 0 Å². The summed E-state index contributed by atoms with van der Waals surface area (Å²) in [4.78, 5) is 11.5. The Hall–Kier alpha value is -1.55. The second kappa shape index (κ2) is 9.40. The smallest absolute Gasteiger partial charge is 0.314 e. The minimum atomic E-state index is -0.0968. The summed E-state index contributed by atoms with van der Waals surface area (Å²) in [6.07, 6.45) is 1.03. The van der Waals surface area contributed by atoms with Gasteiger partial charge in [-0.3, -0.25) is 0 Å². The van der Waals surface area contributed by atoms with Gasteiger partial charge < -0.3 is 16.0 Å². The van der Waals surface area contributed by atoms with E-state index in [2.05, 4.69) is 61.0 Å². The van der Waals surface area contributed by atoms with Crippen molar-refractivity contribution in [3.63, 3.8) is 0 Å². The van der Waals surface area contributed by atoms with E-state index in [-0.39, 0.29) is 18.1 Å². The van der Waals surface area contributed by atoms with E-state index >= 15 is 0 Å². The maximum absolute atomic E-state index is 11.5. The van der Waals surface area contributed by atoms with E-state index < -0.39 is 0 Å². The molecule has 0 spiro atoms. The van der Waals surface area contributed by atoms with E-state index in [1.54, 1.807) is 0 Å². The van der Waals surface area contributed by atoms with Gasteiger partial charge in [-0.1, -0.05) is 44.2 Å². The molecule has 118 valence electrons. The highest BCUT2D eigenvalue weighted by Crippen LogP contribution is 2.14. The molecule has 0 saturated heterocycles. The van der Waals surface area contributed by atoms with E-state index in [4.69, 9.17) is 0 Å². The molecule has 0 aliphatic heterocycles. The van der Waals surface area contributed by atoms with Crippen LogP contribution in [0.15, 0.2) is 30.3 Å². The molecule has 0 fully saturated rings. The number of amides is 2. The predicted octanol–water partition coefficient (Wildman–Crippen LogP) is 3.07. The van der Waals surface area contributed by atoms with Gasteiger partial charge in [0.15, 0.2) is 0 Å². The van der Waals surface area contributed by atoms with E-state index in [9.17, 15) is 4.79 Å². The van der Waals surface area contributed by atoms with Crippen LogP contribution in [0, 0.1) is 5.92 Å². The Kier molecular flexibility index (Phi) is 7.83. The summed E-state index contributed by atoms with van der Waals surface area (Å²) >= 11 is 0. The number of benzene rings is 1. The van der Waals surface area contributed by atoms with Crippen molar-refractivity contribution in [3.05, 3.63) is 35.9 Å². The summed E-state index contributed by atoms with van der Waals surface area (Å²) < 4.78 is 0. The Labute approximate surface area is 128 Å². The van der Waals surface area contributed by atoms with Crippen LogP contribution in [0.25, 0.3) is 0 Å². The molecule has 21 heavy (non-hydrogen) atoms. The molecule has 4 nitrogen and oxygen atoms in total. The van der Waals surface area contributed by atoms with Gasteiger partial charge in [-0.15, -0.1) is 0 Å². The fourth-order valence-electron chi connectivity index (χ4n) is 2.41. The van der Waals surface area contributed by atoms with Crippen molar-refractivity contribution in [2.24, 2.45) is 5.92 Å². The highest BCUT2D eigenvalue weighted by molar-refractivity contribution is 5.73. The molecule has 1 aromatic carbocycles. The Morgan fingerprint density at radius 1 is 1.10 bits per heavy atom. The van der Waals surface area contributed by atoms with Gasteiger partial charge in [0, 0.05) is 25.2 Å². The van der Waals surface area contributed by atoms with Gasteiger partial charge in [0.05, 0.1) is 0 Å². The van der Waals surface area contributed by atoms with Crippen LogP contribution in [0.4, 0.5) is 4.79 Å². The van der Waals surface area contributed by atoms with Crippen LogP contribution in [0.3, 0.4) is 0 Å². The minimum Gasteiger partial charge on any atom is -0.338 e. The van der Waals surface area contributed by atoms with Crippen molar-refractivity contribution < 1.29 is 4.79 Å². The Morgan fingerprint density at radius 2 is 1.76 bits per heavy atom. The molecule has 2 amide bonds. The quantitative estimate of drug-likeness (QED) is 0.689. The molecule has 0 aliphatic carbocycles. The van der Waals surface area contributed by atoms with Gasteiger partial charge in [0.25, 0.3) is 0 Å². The first-order chi connectivity index (χ1) is 10.0. The number of urea groups is 1. The summed E-state index contributed by atoms with van der Waals surface area (Å²) in [5.74, 6) is 0.585. The first-order valence-corrected chi connectivity index (χ1v) is 7.85. The van der Waals surface area contributed by atoms with Gasteiger partial charge in [-0.25, -0.2) is 4.79 Å². The third-order valence-electron chi connectivity index (χ3n) is 3.39. The summed E-state index contributed by atoms with van der Waals surface area (Å²) in [6, 6.07) is 10.8. The lowest BCUT2D eigenvalue weighted by atomic mass is 10.0. The highest BCUT2D eigenvalue weighted by Gasteiger charge is 2.15. The maximum atomic E-state index is 11.5. The maximum Gasteiger partial charge on any atom is 0.314 e. The summed E-state index contributed by atoms with van der Waals surface area (Å²) in [5, 5.41) is 9.31. The lowest BCUT2D eigenvalue weighted by molar-refractivity contribution is 0.238. The Bertz CT molecular complexity index is 406. The lowest BCUT2D eigenvalue weighted by Gasteiger charge is -2.25. The average molecular weight is 291 g/mol. The molecule has 3 N–H and O–H groups in total. The van der Waals surface area contributed by atoms with Gasteiger partial charge >= 0.3 is 6.03 Å². The van der Waals surface area contributed by atoms with Crippen molar-refractivity contribution in [1.29, 1.82) is 0 Å². The Morgan fingerprint density at radius 3 is 2.33 bits per heavy atom. The van der Waals surface area contributed by atoms with Crippen LogP contribution in [0.5, 0.6) is 0 Å². The molecule has 0 saturated carbocycles. The minimum absolute atomic E-state index is 0.0968. The number of hydrogen-bond donors (Lipinski definition) is 3. The third kappa shape index (κ3) is 7.14. The fraction of sp³-hybridized carbons (Fsp3) is 0.588. The van der Waals surface area contributed by atoms with Crippen molar-refractivity contribution >= 4 is 6.03 Å². The SMILES string of the molecule is CCNC(=O)NC[C@H](CC(C)C)N[C@H](C)c1ccccc1. The highest BCUT2D eigenvalue weighted by atomic mass is 16.2. The topological polar surface area (TPSA) is 53.2 Å². The molecule has 0 heterocycles. The summed E-state index contributed by atoms with van der Waals surface area (Å²) in [7, 11) is 0. The monoisotopic (exact) mass is 291 g/mol. The van der Waals surface area contributed by atoms with E-state index in [1.165, 1.54) is 5.56 Å². The molecule has 0 radical (unpaired) electrons. The van der Waals surface area contributed by atoms with Crippen LogP contribution in [-0.2, 0) is 0 Å². The van der Waals surface area contributed by atoms with Crippen molar-refractivity contribution in [3.8, 4) is 0 Å². The number of carbonyl (C=O) groups is 1. The molecule has 0 bridgehead atoms. The Balaban J connectivity index is 2.54. The van der Waals surface area contributed by atoms with Crippen molar-refractivity contribution in [2.75, 3.05) is 13.1 Å². The molecule has 1 rings (SSSR count).